The predicted octanol–water partition coefficient (Wildman–Crippen LogP) is 3.90. The molecule has 0 aromatic heterocycles. The number of nitrogens with zero attached hydrogens (tertiary/aromatic N) is 3. The number of carbonyl (C=O) groups excluding carboxylic acids is 1. The third-order valence-corrected chi connectivity index (χ3v) is 7.22. The van der Waals surface area contributed by atoms with Gasteiger partial charge in [0.1, 0.15) is 5.82 Å². The highest BCUT2D eigenvalue weighted by Gasteiger charge is 2.39. The lowest BCUT2D eigenvalue weighted by molar-refractivity contribution is 0.0754. The summed E-state index contributed by atoms with van der Waals surface area (Å²) in [5.41, 5.74) is 1.19. The second-order valence-corrected chi connectivity index (χ2v) is 9.21. The van der Waals surface area contributed by atoms with Crippen molar-refractivity contribution in [2.75, 3.05) is 44.2 Å². The smallest absolute Gasteiger partial charge is 0.254 e. The van der Waals surface area contributed by atoms with E-state index in [0.717, 1.165) is 31.9 Å². The molecule has 2 unspecified atom stereocenters. The van der Waals surface area contributed by atoms with Crippen molar-refractivity contribution in [1.82, 2.24) is 9.80 Å². The van der Waals surface area contributed by atoms with Gasteiger partial charge in [0.05, 0.1) is 32.4 Å². The molecule has 160 valence electrons. The van der Waals surface area contributed by atoms with Crippen molar-refractivity contribution in [2.24, 2.45) is 0 Å². The van der Waals surface area contributed by atoms with Gasteiger partial charge in [-0.05, 0) is 46.3 Å². The number of hydrogen-bond donors (Lipinski definition) is 1. The minimum atomic E-state index is -0.643. The van der Waals surface area contributed by atoms with Gasteiger partial charge in [0, 0.05) is 44.8 Å². The fourth-order valence-corrected chi connectivity index (χ4v) is 4.80. The third-order valence-electron chi connectivity index (χ3n) is 5.77. The van der Waals surface area contributed by atoms with E-state index in [-0.39, 0.29) is 24.1 Å². The Balaban J connectivity index is 1.39. The van der Waals surface area contributed by atoms with Crippen molar-refractivity contribution >= 4 is 50.7 Å². The summed E-state index contributed by atoms with van der Waals surface area (Å²) in [4.78, 5) is 18.7. The molecule has 2 aliphatic heterocycles. The summed E-state index contributed by atoms with van der Waals surface area (Å²) in [5, 5.41) is 11.7. The summed E-state index contributed by atoms with van der Waals surface area (Å²) in [7, 11) is 0. The second-order valence-electron chi connectivity index (χ2n) is 7.57. The first-order valence-electron chi connectivity index (χ1n) is 9.70. The Morgan fingerprint density at radius 3 is 2.53 bits per heavy atom. The summed E-state index contributed by atoms with van der Waals surface area (Å²) < 4.78 is 14.1. The highest BCUT2D eigenvalue weighted by Crippen LogP contribution is 2.33. The summed E-state index contributed by atoms with van der Waals surface area (Å²) in [5.74, 6) is -0.750. The molecule has 30 heavy (non-hydrogen) atoms. The van der Waals surface area contributed by atoms with Gasteiger partial charge >= 0.3 is 0 Å². The summed E-state index contributed by atoms with van der Waals surface area (Å²) >= 11 is 15.6. The zero-order valence-corrected chi connectivity index (χ0v) is 19.2. The Morgan fingerprint density at radius 2 is 1.83 bits per heavy atom. The quantitative estimate of drug-likeness (QED) is 0.672. The van der Waals surface area contributed by atoms with Gasteiger partial charge in [-0.3, -0.25) is 9.69 Å². The first-order valence-corrected chi connectivity index (χ1v) is 11.3. The molecule has 2 aromatic rings. The number of carbonyl (C=O) groups is 1. The monoisotopic (exact) mass is 515 g/mol. The number of halogens is 4. The highest BCUT2D eigenvalue weighted by atomic mass is 79.9. The van der Waals surface area contributed by atoms with Crippen molar-refractivity contribution < 1.29 is 14.3 Å². The molecule has 2 aliphatic rings. The van der Waals surface area contributed by atoms with Crippen molar-refractivity contribution in [3.05, 3.63) is 62.3 Å². The van der Waals surface area contributed by atoms with Crippen LogP contribution in [0.1, 0.15) is 10.4 Å². The normalized spacial score (nSPS) is 22.6. The van der Waals surface area contributed by atoms with Crippen molar-refractivity contribution in [1.29, 1.82) is 0 Å². The summed E-state index contributed by atoms with van der Waals surface area (Å²) in [6, 6.07) is 9.78. The van der Waals surface area contributed by atoms with Crippen LogP contribution in [0.4, 0.5) is 10.1 Å². The molecule has 5 nitrogen and oxygen atoms in total. The Bertz CT molecular complexity index is 956. The van der Waals surface area contributed by atoms with Gasteiger partial charge in [0.15, 0.2) is 0 Å². The van der Waals surface area contributed by atoms with Crippen LogP contribution in [0.25, 0.3) is 0 Å². The molecule has 2 aromatic carbocycles. The van der Waals surface area contributed by atoms with Gasteiger partial charge in [0.2, 0.25) is 0 Å². The number of anilines is 1. The maximum atomic E-state index is 13.8. The lowest BCUT2D eigenvalue weighted by Crippen LogP contribution is -2.53. The zero-order valence-electron chi connectivity index (χ0n) is 16.1. The van der Waals surface area contributed by atoms with E-state index in [1.165, 1.54) is 12.1 Å². The number of piperazine rings is 1. The lowest BCUT2D eigenvalue weighted by Gasteiger charge is -2.40. The minimum absolute atomic E-state index is 0.147. The van der Waals surface area contributed by atoms with Crippen LogP contribution < -0.4 is 4.90 Å². The van der Waals surface area contributed by atoms with Crippen LogP contribution in [0, 0.1) is 5.82 Å². The van der Waals surface area contributed by atoms with Crippen LogP contribution in [-0.2, 0) is 0 Å². The zero-order chi connectivity index (χ0) is 21.4. The standard InChI is InChI=1S/C21H21BrCl2FN3O2/c22-14-5-4-13(10-16(14)25)21(30)28-11-18(19(29)12-28)27-8-6-26(7-9-27)17-3-1-2-15(23)20(17)24/h1-5,10,18-19,29H,6-9,11-12H2. The third kappa shape index (κ3) is 4.32. The van der Waals surface area contributed by atoms with Crippen molar-refractivity contribution in [2.45, 2.75) is 12.1 Å². The molecule has 0 radical (unpaired) electrons. The average Bonchev–Trinajstić information content (AvgIpc) is 3.13. The molecule has 0 aliphatic carbocycles. The number of aliphatic hydroxyl groups excluding tert-OH is 1. The van der Waals surface area contributed by atoms with E-state index in [9.17, 15) is 14.3 Å². The predicted molar refractivity (Wildman–Crippen MR) is 120 cm³/mol. The van der Waals surface area contributed by atoms with Crippen LogP contribution in [0.5, 0.6) is 0 Å². The van der Waals surface area contributed by atoms with Crippen LogP contribution in [0.3, 0.4) is 0 Å². The Labute approximate surface area is 193 Å². The molecule has 2 atom stereocenters. The van der Waals surface area contributed by atoms with E-state index in [1.54, 1.807) is 17.0 Å². The van der Waals surface area contributed by atoms with E-state index < -0.39 is 11.9 Å². The Morgan fingerprint density at radius 1 is 1.10 bits per heavy atom. The number of hydrogen-bond acceptors (Lipinski definition) is 4. The summed E-state index contributed by atoms with van der Waals surface area (Å²) in [6.45, 7) is 3.61. The van der Waals surface area contributed by atoms with Gasteiger partial charge in [-0.15, -0.1) is 0 Å². The fraction of sp³-hybridized carbons (Fsp3) is 0.381. The van der Waals surface area contributed by atoms with Crippen LogP contribution in [-0.4, -0.2) is 72.2 Å². The van der Waals surface area contributed by atoms with Gasteiger partial charge < -0.3 is 14.9 Å². The van der Waals surface area contributed by atoms with E-state index in [2.05, 4.69) is 25.7 Å². The van der Waals surface area contributed by atoms with Crippen LogP contribution in [0.15, 0.2) is 40.9 Å². The molecule has 2 fully saturated rings. The van der Waals surface area contributed by atoms with Gasteiger partial charge in [0.25, 0.3) is 5.91 Å². The highest BCUT2D eigenvalue weighted by molar-refractivity contribution is 9.10. The number of benzene rings is 2. The van der Waals surface area contributed by atoms with E-state index in [4.69, 9.17) is 23.2 Å². The average molecular weight is 517 g/mol. The molecule has 9 heteroatoms. The van der Waals surface area contributed by atoms with Crippen LogP contribution in [0.2, 0.25) is 10.0 Å². The van der Waals surface area contributed by atoms with Crippen LogP contribution >= 0.6 is 39.1 Å². The van der Waals surface area contributed by atoms with Crippen molar-refractivity contribution in [3.8, 4) is 0 Å². The molecular formula is C21H21BrCl2FN3O2. The Kier molecular flexibility index (Phi) is 6.55. The topological polar surface area (TPSA) is 47.0 Å². The number of amides is 1. The minimum Gasteiger partial charge on any atom is -0.390 e. The summed E-state index contributed by atoms with van der Waals surface area (Å²) in [6.07, 6.45) is -0.643. The molecule has 1 amide bonds. The maximum absolute atomic E-state index is 13.8. The maximum Gasteiger partial charge on any atom is 0.254 e. The number of likely N-dealkylation sites (tertiary alicyclic amines) is 1. The van der Waals surface area contributed by atoms with Crippen molar-refractivity contribution in [3.63, 3.8) is 0 Å². The second kappa shape index (κ2) is 9.01. The molecule has 0 bridgehead atoms. The molecule has 2 saturated heterocycles. The fourth-order valence-electron chi connectivity index (χ4n) is 4.14. The lowest BCUT2D eigenvalue weighted by atomic mass is 10.1. The van der Waals surface area contributed by atoms with Gasteiger partial charge in [-0.25, -0.2) is 4.39 Å². The molecular weight excluding hydrogens is 496 g/mol. The van der Waals surface area contributed by atoms with Gasteiger partial charge in [-0.2, -0.15) is 0 Å². The van der Waals surface area contributed by atoms with E-state index >= 15 is 0 Å². The molecule has 0 saturated carbocycles. The van der Waals surface area contributed by atoms with Gasteiger partial charge in [-0.1, -0.05) is 29.3 Å². The number of rotatable bonds is 3. The first kappa shape index (κ1) is 21.8. The SMILES string of the molecule is O=C(c1ccc(Br)c(F)c1)N1CC(O)C(N2CCN(c3cccc(Cl)c3Cl)CC2)C1. The van der Waals surface area contributed by atoms with E-state index in [0.29, 0.717) is 21.1 Å². The Hall–Kier alpha value is -1.38. The molecule has 0 spiro atoms. The molecule has 4 rings (SSSR count). The largest absolute Gasteiger partial charge is 0.390 e. The molecule has 2 heterocycles. The number of aliphatic hydroxyl groups is 1. The number of β-amino-alcohol motifs (C(OH)–C–C–N with tert-alkyl or cyclic N) is 1. The molecule has 1 N–H and O–H groups in total. The first-order chi connectivity index (χ1) is 14.3. The van der Waals surface area contributed by atoms with E-state index in [1.807, 2.05) is 12.1 Å².